The Morgan fingerprint density at radius 2 is 1.74 bits per heavy atom. The monoisotopic (exact) mass is 496 g/mol. The fraction of sp³-hybridized carbons (Fsp3) is 0.462. The Bertz CT molecular complexity index is 1240. The van der Waals surface area contributed by atoms with Crippen LogP contribution in [0, 0.1) is 6.92 Å². The SMILES string of the molecule is Cc1ccccc1CNC(=O)CN1C(=O)[C@@H]2CCCCN2c2ccc(S(=O)(=O)N3CCCC3)cc21. The molecular weight excluding hydrogens is 464 g/mol. The van der Waals surface area contributed by atoms with Crippen LogP contribution in [0.3, 0.4) is 0 Å². The van der Waals surface area contributed by atoms with Gasteiger partial charge in [-0.25, -0.2) is 8.42 Å². The Kier molecular flexibility index (Phi) is 6.55. The van der Waals surface area contributed by atoms with Gasteiger partial charge in [0.2, 0.25) is 21.8 Å². The average molecular weight is 497 g/mol. The molecule has 3 aliphatic rings. The van der Waals surface area contributed by atoms with Gasteiger partial charge in [0.05, 0.1) is 16.3 Å². The molecule has 9 heteroatoms. The number of benzene rings is 2. The maximum atomic E-state index is 13.5. The van der Waals surface area contributed by atoms with Gasteiger partial charge in [-0.3, -0.25) is 14.5 Å². The van der Waals surface area contributed by atoms with Crippen LogP contribution in [0.4, 0.5) is 11.4 Å². The number of nitrogens with zero attached hydrogens (tertiary/aromatic N) is 3. The largest absolute Gasteiger partial charge is 0.358 e. The van der Waals surface area contributed by atoms with E-state index in [-0.39, 0.29) is 29.3 Å². The smallest absolute Gasteiger partial charge is 0.250 e. The van der Waals surface area contributed by atoms with Crippen molar-refractivity contribution in [3.63, 3.8) is 0 Å². The number of amides is 2. The number of carbonyl (C=O) groups is 2. The lowest BCUT2D eigenvalue weighted by Gasteiger charge is -2.45. The van der Waals surface area contributed by atoms with Crippen LogP contribution in [0.25, 0.3) is 0 Å². The van der Waals surface area contributed by atoms with Gasteiger partial charge in [0.15, 0.2) is 0 Å². The molecule has 5 rings (SSSR count). The zero-order valence-corrected chi connectivity index (χ0v) is 20.9. The summed E-state index contributed by atoms with van der Waals surface area (Å²) >= 11 is 0. The molecule has 0 aromatic heterocycles. The van der Waals surface area contributed by atoms with E-state index in [0.717, 1.165) is 55.5 Å². The number of nitrogens with one attached hydrogen (secondary N) is 1. The molecule has 0 spiro atoms. The van der Waals surface area contributed by atoms with Gasteiger partial charge < -0.3 is 10.2 Å². The van der Waals surface area contributed by atoms with Crippen LogP contribution in [0.2, 0.25) is 0 Å². The normalized spacial score (nSPS) is 20.5. The van der Waals surface area contributed by atoms with Crippen molar-refractivity contribution in [3.05, 3.63) is 53.6 Å². The van der Waals surface area contributed by atoms with Gasteiger partial charge in [0, 0.05) is 26.2 Å². The first-order valence-electron chi connectivity index (χ1n) is 12.4. The van der Waals surface area contributed by atoms with Gasteiger partial charge in [-0.05, 0) is 68.4 Å². The lowest BCUT2D eigenvalue weighted by Crippen LogP contribution is -2.57. The van der Waals surface area contributed by atoms with Crippen molar-refractivity contribution >= 4 is 33.2 Å². The van der Waals surface area contributed by atoms with Gasteiger partial charge in [-0.1, -0.05) is 24.3 Å². The number of hydrogen-bond acceptors (Lipinski definition) is 5. The lowest BCUT2D eigenvalue weighted by molar-refractivity contribution is -0.125. The number of anilines is 2. The number of hydrogen-bond donors (Lipinski definition) is 1. The number of aryl methyl sites for hydroxylation is 1. The minimum absolute atomic E-state index is 0.140. The predicted octanol–water partition coefficient (Wildman–Crippen LogP) is 2.80. The number of piperidine rings is 1. The Labute approximate surface area is 206 Å². The highest BCUT2D eigenvalue weighted by atomic mass is 32.2. The third-order valence-electron chi connectivity index (χ3n) is 7.34. The quantitative estimate of drug-likeness (QED) is 0.664. The fourth-order valence-electron chi connectivity index (χ4n) is 5.34. The van der Waals surface area contributed by atoms with Crippen LogP contribution in [0.1, 0.15) is 43.2 Å². The summed E-state index contributed by atoms with van der Waals surface area (Å²) in [6, 6.07) is 12.6. The van der Waals surface area contributed by atoms with Crippen LogP contribution in [-0.2, 0) is 26.2 Å². The van der Waals surface area contributed by atoms with E-state index in [0.29, 0.717) is 25.3 Å². The summed E-state index contributed by atoms with van der Waals surface area (Å²) in [5.74, 6) is -0.413. The van der Waals surface area contributed by atoms with Crippen molar-refractivity contribution in [2.24, 2.45) is 0 Å². The number of fused-ring (bicyclic) bond motifs is 3. The molecule has 2 amide bonds. The molecule has 1 atom stereocenters. The minimum Gasteiger partial charge on any atom is -0.358 e. The van der Waals surface area contributed by atoms with E-state index >= 15 is 0 Å². The highest BCUT2D eigenvalue weighted by Gasteiger charge is 2.41. The first-order valence-corrected chi connectivity index (χ1v) is 13.8. The van der Waals surface area contributed by atoms with E-state index in [1.54, 1.807) is 18.2 Å². The van der Waals surface area contributed by atoms with Crippen molar-refractivity contribution in [3.8, 4) is 0 Å². The maximum Gasteiger partial charge on any atom is 0.250 e. The van der Waals surface area contributed by atoms with E-state index in [1.807, 2.05) is 31.2 Å². The first-order chi connectivity index (χ1) is 16.9. The summed E-state index contributed by atoms with van der Waals surface area (Å²) in [7, 11) is -3.65. The van der Waals surface area contributed by atoms with Crippen molar-refractivity contribution in [2.75, 3.05) is 36.0 Å². The Hall–Kier alpha value is -2.91. The first kappa shape index (κ1) is 23.8. The van der Waals surface area contributed by atoms with Crippen molar-refractivity contribution in [2.45, 2.75) is 56.5 Å². The molecule has 2 aromatic carbocycles. The van der Waals surface area contributed by atoms with Crippen LogP contribution < -0.4 is 15.1 Å². The van der Waals surface area contributed by atoms with E-state index in [4.69, 9.17) is 0 Å². The zero-order valence-electron chi connectivity index (χ0n) is 20.1. The van der Waals surface area contributed by atoms with Crippen LogP contribution >= 0.6 is 0 Å². The number of sulfonamides is 1. The molecule has 3 heterocycles. The van der Waals surface area contributed by atoms with Crippen molar-refractivity contribution in [1.29, 1.82) is 0 Å². The molecule has 1 N–H and O–H groups in total. The van der Waals surface area contributed by atoms with Gasteiger partial charge >= 0.3 is 0 Å². The highest BCUT2D eigenvalue weighted by Crippen LogP contribution is 2.41. The Morgan fingerprint density at radius 1 is 1.00 bits per heavy atom. The third kappa shape index (κ3) is 4.54. The predicted molar refractivity (Wildman–Crippen MR) is 135 cm³/mol. The molecule has 0 radical (unpaired) electrons. The zero-order chi connectivity index (χ0) is 24.6. The summed E-state index contributed by atoms with van der Waals surface area (Å²) in [6.07, 6.45) is 4.37. The van der Waals surface area contributed by atoms with Gasteiger partial charge in [0.25, 0.3) is 0 Å². The molecule has 35 heavy (non-hydrogen) atoms. The second-order valence-corrected chi connectivity index (χ2v) is 11.5. The Balaban J connectivity index is 1.44. The molecule has 2 saturated heterocycles. The van der Waals surface area contributed by atoms with Gasteiger partial charge in [-0.2, -0.15) is 4.31 Å². The number of carbonyl (C=O) groups excluding carboxylic acids is 2. The molecular formula is C26H32N4O4S. The fourth-order valence-corrected chi connectivity index (χ4v) is 6.88. The molecule has 2 aromatic rings. The minimum atomic E-state index is -3.65. The van der Waals surface area contributed by atoms with E-state index in [2.05, 4.69) is 10.2 Å². The summed E-state index contributed by atoms with van der Waals surface area (Å²) in [4.78, 5) is 30.2. The second-order valence-electron chi connectivity index (χ2n) is 9.59. The van der Waals surface area contributed by atoms with Crippen molar-refractivity contribution in [1.82, 2.24) is 9.62 Å². The average Bonchev–Trinajstić information content (AvgIpc) is 3.42. The van der Waals surface area contributed by atoms with Gasteiger partial charge in [-0.15, -0.1) is 0 Å². The molecule has 0 saturated carbocycles. The molecule has 0 bridgehead atoms. The molecule has 0 aliphatic carbocycles. The topological polar surface area (TPSA) is 90.0 Å². The van der Waals surface area contributed by atoms with Crippen LogP contribution in [-0.4, -0.2) is 56.8 Å². The highest BCUT2D eigenvalue weighted by molar-refractivity contribution is 7.89. The Morgan fingerprint density at radius 3 is 2.51 bits per heavy atom. The summed E-state index contributed by atoms with van der Waals surface area (Å²) in [5.41, 5.74) is 3.42. The molecule has 0 unspecified atom stereocenters. The molecule has 2 fully saturated rings. The molecule has 186 valence electrons. The van der Waals surface area contributed by atoms with Gasteiger partial charge in [0.1, 0.15) is 12.6 Å². The second kappa shape index (κ2) is 9.62. The van der Waals surface area contributed by atoms with Crippen LogP contribution in [0.15, 0.2) is 47.4 Å². The van der Waals surface area contributed by atoms with Crippen molar-refractivity contribution < 1.29 is 18.0 Å². The van der Waals surface area contributed by atoms with E-state index in [9.17, 15) is 18.0 Å². The summed E-state index contributed by atoms with van der Waals surface area (Å²) < 4.78 is 28.0. The van der Waals surface area contributed by atoms with Crippen LogP contribution in [0.5, 0.6) is 0 Å². The molecule has 8 nitrogen and oxygen atoms in total. The lowest BCUT2D eigenvalue weighted by atomic mass is 9.96. The summed E-state index contributed by atoms with van der Waals surface area (Å²) in [5, 5.41) is 2.93. The maximum absolute atomic E-state index is 13.5. The molecule has 3 aliphatic heterocycles. The summed E-state index contributed by atoms with van der Waals surface area (Å²) in [6.45, 7) is 3.99. The third-order valence-corrected chi connectivity index (χ3v) is 9.24. The standard InChI is InChI=1S/C26H32N4O4S/c1-19-8-2-3-9-20(19)17-27-25(31)18-30-24-16-21(35(33,34)28-13-6-7-14-28)11-12-22(24)29-15-5-4-10-23(29)26(30)32/h2-3,8-9,11-12,16,23H,4-7,10,13-15,17-18H2,1H3,(H,27,31)/t23-/m0/s1. The van der Waals surface area contributed by atoms with E-state index in [1.165, 1.54) is 9.21 Å². The number of rotatable bonds is 6. The van der Waals surface area contributed by atoms with E-state index < -0.39 is 10.0 Å².